The molecule has 1 fully saturated rings. The standard InChI is InChI=1S/C16H25N3O4S/c1-13(16(20)18-11-9-17(2)10-12-18)19(24(4,21)22)14-5-7-15(23-3)8-6-14/h5-8,13H,9-12H2,1-4H3/p+1/t13-/m0/s1. The van der Waals surface area contributed by atoms with E-state index in [0.717, 1.165) is 19.3 Å². The van der Waals surface area contributed by atoms with Crippen molar-refractivity contribution in [2.75, 3.05) is 50.9 Å². The Morgan fingerprint density at radius 3 is 2.25 bits per heavy atom. The van der Waals surface area contributed by atoms with Crippen molar-refractivity contribution in [3.05, 3.63) is 24.3 Å². The summed E-state index contributed by atoms with van der Waals surface area (Å²) in [4.78, 5) is 15.9. The van der Waals surface area contributed by atoms with E-state index in [4.69, 9.17) is 4.74 Å². The molecule has 1 N–H and O–H groups in total. The fourth-order valence-corrected chi connectivity index (χ4v) is 4.07. The second kappa shape index (κ2) is 7.40. The maximum atomic E-state index is 12.8. The fraction of sp³-hybridized carbons (Fsp3) is 0.562. The number of amides is 1. The lowest BCUT2D eigenvalue weighted by Gasteiger charge is -2.35. The fourth-order valence-electron chi connectivity index (χ4n) is 2.90. The first-order valence-corrected chi connectivity index (χ1v) is 9.82. The molecule has 0 unspecified atom stereocenters. The summed E-state index contributed by atoms with van der Waals surface area (Å²) in [6.07, 6.45) is 1.12. The number of sulfonamides is 1. The van der Waals surface area contributed by atoms with Crippen LogP contribution in [0, 0.1) is 0 Å². The van der Waals surface area contributed by atoms with E-state index in [0.29, 0.717) is 24.5 Å². The number of hydrogen-bond acceptors (Lipinski definition) is 4. The van der Waals surface area contributed by atoms with Crippen LogP contribution in [0.25, 0.3) is 0 Å². The average Bonchev–Trinajstić information content (AvgIpc) is 2.54. The minimum absolute atomic E-state index is 0.163. The highest BCUT2D eigenvalue weighted by Gasteiger charge is 2.33. The van der Waals surface area contributed by atoms with Gasteiger partial charge < -0.3 is 14.5 Å². The lowest BCUT2D eigenvalue weighted by atomic mass is 10.2. The molecule has 0 radical (unpaired) electrons. The Kier molecular flexibility index (Phi) is 5.71. The highest BCUT2D eigenvalue weighted by molar-refractivity contribution is 7.92. The molecule has 0 aromatic heterocycles. The van der Waals surface area contributed by atoms with Crippen LogP contribution in [0.2, 0.25) is 0 Å². The number of nitrogens with zero attached hydrogens (tertiary/aromatic N) is 2. The lowest BCUT2D eigenvalue weighted by molar-refractivity contribution is -0.883. The quantitative estimate of drug-likeness (QED) is 0.750. The molecule has 1 aliphatic rings. The van der Waals surface area contributed by atoms with Gasteiger partial charge in [0.1, 0.15) is 11.8 Å². The molecule has 0 bridgehead atoms. The van der Waals surface area contributed by atoms with Gasteiger partial charge in [0.2, 0.25) is 15.9 Å². The lowest BCUT2D eigenvalue weighted by Crippen LogP contribution is -3.12. The summed E-state index contributed by atoms with van der Waals surface area (Å²) in [7, 11) is 0.0438. The van der Waals surface area contributed by atoms with Crippen LogP contribution >= 0.6 is 0 Å². The molecule has 1 aromatic carbocycles. The van der Waals surface area contributed by atoms with Crippen LogP contribution in [0.1, 0.15) is 6.92 Å². The summed E-state index contributed by atoms with van der Waals surface area (Å²) in [6, 6.07) is 5.88. The normalized spacial score (nSPS) is 17.4. The van der Waals surface area contributed by atoms with E-state index in [1.54, 1.807) is 43.2 Å². The van der Waals surface area contributed by atoms with E-state index in [-0.39, 0.29) is 5.91 Å². The molecule has 1 aliphatic heterocycles. The first-order valence-electron chi connectivity index (χ1n) is 7.97. The van der Waals surface area contributed by atoms with Gasteiger partial charge >= 0.3 is 0 Å². The number of piperazine rings is 1. The van der Waals surface area contributed by atoms with E-state index >= 15 is 0 Å². The first-order chi connectivity index (χ1) is 11.2. The molecule has 1 aromatic rings. The number of methoxy groups -OCH3 is 1. The number of quaternary nitrogens is 1. The smallest absolute Gasteiger partial charge is 0.246 e. The van der Waals surface area contributed by atoms with Crippen molar-refractivity contribution in [2.24, 2.45) is 0 Å². The number of likely N-dealkylation sites (N-methyl/N-ethyl adjacent to an activating group) is 1. The second-order valence-corrected chi connectivity index (χ2v) is 8.07. The molecule has 0 spiro atoms. The number of nitrogens with one attached hydrogen (secondary N) is 1. The Morgan fingerprint density at radius 2 is 1.79 bits per heavy atom. The molecule has 1 saturated heterocycles. The molecule has 2 rings (SSSR count). The summed E-state index contributed by atoms with van der Waals surface area (Å²) >= 11 is 0. The van der Waals surface area contributed by atoms with Gasteiger partial charge in [0.25, 0.3) is 0 Å². The maximum Gasteiger partial charge on any atom is 0.246 e. The Hall–Kier alpha value is -1.80. The zero-order chi connectivity index (χ0) is 17.9. The summed E-state index contributed by atoms with van der Waals surface area (Å²) < 4.78 is 30.9. The highest BCUT2D eigenvalue weighted by Crippen LogP contribution is 2.24. The van der Waals surface area contributed by atoms with Gasteiger partial charge in [0.15, 0.2) is 0 Å². The Bertz CT molecular complexity index is 667. The monoisotopic (exact) mass is 356 g/mol. The number of anilines is 1. The molecular formula is C16H26N3O4S+. The van der Waals surface area contributed by atoms with Crippen LogP contribution in [0.3, 0.4) is 0 Å². The molecule has 1 heterocycles. The number of carbonyl (C=O) groups excluding carboxylic acids is 1. The summed E-state index contributed by atoms with van der Waals surface area (Å²) in [5, 5.41) is 0. The third-order valence-electron chi connectivity index (χ3n) is 4.32. The van der Waals surface area contributed by atoms with E-state index in [1.807, 2.05) is 0 Å². The summed E-state index contributed by atoms with van der Waals surface area (Å²) in [5.41, 5.74) is 0.457. The van der Waals surface area contributed by atoms with Gasteiger partial charge in [-0.05, 0) is 31.2 Å². The van der Waals surface area contributed by atoms with E-state index < -0.39 is 16.1 Å². The van der Waals surface area contributed by atoms with Crippen LogP contribution in [0.15, 0.2) is 24.3 Å². The zero-order valence-electron chi connectivity index (χ0n) is 14.7. The molecule has 8 heteroatoms. The number of carbonyl (C=O) groups is 1. The van der Waals surface area contributed by atoms with Crippen molar-refractivity contribution in [2.45, 2.75) is 13.0 Å². The molecule has 1 amide bonds. The van der Waals surface area contributed by atoms with Crippen molar-refractivity contribution in [3.8, 4) is 5.75 Å². The van der Waals surface area contributed by atoms with Gasteiger partial charge in [-0.3, -0.25) is 9.10 Å². The van der Waals surface area contributed by atoms with Gasteiger partial charge in [0, 0.05) is 0 Å². The van der Waals surface area contributed by atoms with Crippen LogP contribution in [-0.4, -0.2) is 71.9 Å². The van der Waals surface area contributed by atoms with Crippen LogP contribution in [0.5, 0.6) is 5.75 Å². The zero-order valence-corrected chi connectivity index (χ0v) is 15.5. The van der Waals surface area contributed by atoms with Crippen molar-refractivity contribution in [1.82, 2.24) is 4.90 Å². The first kappa shape index (κ1) is 18.5. The molecule has 0 saturated carbocycles. The van der Waals surface area contributed by atoms with Gasteiger partial charge in [-0.2, -0.15) is 0 Å². The molecule has 134 valence electrons. The molecule has 1 atom stereocenters. The van der Waals surface area contributed by atoms with Crippen molar-refractivity contribution < 1.29 is 22.8 Å². The van der Waals surface area contributed by atoms with Gasteiger partial charge in [-0.15, -0.1) is 0 Å². The van der Waals surface area contributed by atoms with Crippen molar-refractivity contribution >= 4 is 21.6 Å². The number of ether oxygens (including phenoxy) is 1. The Labute approximate surface area is 143 Å². The van der Waals surface area contributed by atoms with Gasteiger partial charge in [-0.25, -0.2) is 8.42 Å². The third kappa shape index (κ3) is 4.18. The topological polar surface area (TPSA) is 71.4 Å². The van der Waals surface area contributed by atoms with E-state index in [9.17, 15) is 13.2 Å². The molecular weight excluding hydrogens is 330 g/mol. The Balaban J connectivity index is 2.25. The molecule has 24 heavy (non-hydrogen) atoms. The maximum absolute atomic E-state index is 12.8. The minimum Gasteiger partial charge on any atom is -0.497 e. The summed E-state index contributed by atoms with van der Waals surface area (Å²) in [5.74, 6) is 0.469. The van der Waals surface area contributed by atoms with Crippen molar-refractivity contribution in [1.29, 1.82) is 0 Å². The van der Waals surface area contributed by atoms with E-state index in [2.05, 4.69) is 7.05 Å². The largest absolute Gasteiger partial charge is 0.497 e. The van der Waals surface area contributed by atoms with Gasteiger partial charge in [0.05, 0.1) is 52.3 Å². The second-order valence-electron chi connectivity index (χ2n) is 6.22. The minimum atomic E-state index is -3.59. The van der Waals surface area contributed by atoms with Crippen LogP contribution in [0.4, 0.5) is 5.69 Å². The van der Waals surface area contributed by atoms with Crippen LogP contribution in [-0.2, 0) is 14.8 Å². The molecule has 7 nitrogen and oxygen atoms in total. The number of benzene rings is 1. The predicted octanol–water partition coefficient (Wildman–Crippen LogP) is -0.793. The van der Waals surface area contributed by atoms with Gasteiger partial charge in [-0.1, -0.05) is 0 Å². The third-order valence-corrected chi connectivity index (χ3v) is 5.56. The highest BCUT2D eigenvalue weighted by atomic mass is 32.2. The predicted molar refractivity (Wildman–Crippen MR) is 93.0 cm³/mol. The Morgan fingerprint density at radius 1 is 1.25 bits per heavy atom. The number of rotatable bonds is 5. The van der Waals surface area contributed by atoms with E-state index in [1.165, 1.54) is 9.21 Å². The van der Waals surface area contributed by atoms with Crippen LogP contribution < -0.4 is 13.9 Å². The molecule has 0 aliphatic carbocycles. The van der Waals surface area contributed by atoms with Crippen molar-refractivity contribution in [3.63, 3.8) is 0 Å². The SMILES string of the molecule is COc1ccc(N([C@@H](C)C(=O)N2CC[NH+](C)CC2)S(C)(=O)=O)cc1. The number of hydrogen-bond donors (Lipinski definition) is 1. The summed E-state index contributed by atoms with van der Waals surface area (Å²) in [6.45, 7) is 4.68. The average molecular weight is 356 g/mol.